The van der Waals surface area contributed by atoms with Gasteiger partial charge in [0.2, 0.25) is 11.8 Å². The number of nitrogens with one attached hydrogen (secondary N) is 2. The number of rotatable bonds is 7. The molecule has 0 radical (unpaired) electrons. The van der Waals surface area contributed by atoms with Gasteiger partial charge in [0, 0.05) is 93.3 Å². The van der Waals surface area contributed by atoms with Crippen molar-refractivity contribution in [3.63, 3.8) is 0 Å². The number of hydrogen-bond donors (Lipinski definition) is 2. The van der Waals surface area contributed by atoms with Crippen molar-refractivity contribution in [3.8, 4) is 11.1 Å². The molecule has 2 N–H and O–H groups in total. The van der Waals surface area contributed by atoms with Crippen LogP contribution in [0.1, 0.15) is 59.5 Å². The molecule has 3 amide bonds. The van der Waals surface area contributed by atoms with Crippen LogP contribution in [0.4, 0.5) is 28.8 Å². The van der Waals surface area contributed by atoms with E-state index in [9.17, 15) is 24.0 Å². The van der Waals surface area contributed by atoms with Crippen LogP contribution in [0.3, 0.4) is 0 Å². The molecular weight excluding hydrogens is 882 g/mol. The molecule has 6 aromatic rings. The molecule has 10 rings (SSSR count). The first-order chi connectivity index (χ1) is 30.5. The van der Waals surface area contributed by atoms with Gasteiger partial charge in [-0.05, 0) is 76.0 Å². The van der Waals surface area contributed by atoms with Crippen molar-refractivity contribution in [2.45, 2.75) is 72.8 Å². The summed E-state index contributed by atoms with van der Waals surface area (Å²) in [6.45, 7) is 9.30. The minimum atomic E-state index is -0.196. The Morgan fingerprint density at radius 3 is 1.94 bits per heavy atom. The number of hydrogen-bond acceptors (Lipinski definition) is 10. The zero-order valence-corrected chi connectivity index (χ0v) is 38.5. The third-order valence-corrected chi connectivity index (χ3v) is 12.8. The van der Waals surface area contributed by atoms with E-state index in [0.29, 0.717) is 54.9 Å². The smallest absolute Gasteiger partial charge is 0.276 e. The molecule has 0 unspecified atom stereocenters. The summed E-state index contributed by atoms with van der Waals surface area (Å²) in [5.41, 5.74) is 8.56. The number of amides is 3. The summed E-state index contributed by atoms with van der Waals surface area (Å²) in [6.07, 6.45) is 7.89. The number of fused-ring (bicyclic) bond motifs is 5. The lowest BCUT2D eigenvalue weighted by molar-refractivity contribution is -0.133. The van der Waals surface area contributed by atoms with E-state index < -0.39 is 0 Å². The van der Waals surface area contributed by atoms with Crippen molar-refractivity contribution in [1.82, 2.24) is 48.0 Å². The third-order valence-electron chi connectivity index (χ3n) is 12.4. The Balaban J connectivity index is 0.000000207. The molecule has 4 aliphatic rings. The second-order valence-corrected chi connectivity index (χ2v) is 18.7. The largest absolute Gasteiger partial charge is 0.339 e. The van der Waals surface area contributed by atoms with Gasteiger partial charge in [0.05, 0.1) is 24.5 Å². The molecule has 19 heteroatoms. The lowest BCUT2D eigenvalue weighted by Crippen LogP contribution is -2.41. The molecule has 9 heterocycles. The van der Waals surface area contributed by atoms with E-state index in [1.54, 1.807) is 70.4 Å². The second-order valence-electron chi connectivity index (χ2n) is 17.8. The molecule has 0 spiro atoms. The molecule has 6 aromatic heterocycles. The Morgan fingerprint density at radius 2 is 1.33 bits per heavy atom. The molecule has 3 aliphatic heterocycles. The summed E-state index contributed by atoms with van der Waals surface area (Å²) in [6, 6.07) is 11.3. The Labute approximate surface area is 377 Å². The maximum Gasteiger partial charge on any atom is 0.276 e. The number of likely N-dealkylation sites (N-methyl/N-ethyl adjacent to an activating group) is 2. The maximum atomic E-state index is 13.9. The SMILES string of the molecule is CCc1c(-c2cc(Nc3cc4n(n3)CC(=O)N(C)C4)c(=O)n(C)c2)ccnc1N1CCn2c(cc3c2CC(C)(C)C3)C1=O.CN1Cc2cc(Nc3cc(Br)cn(C)c3=O)nn2CC1=O. The van der Waals surface area contributed by atoms with E-state index in [1.165, 1.54) is 15.8 Å². The van der Waals surface area contributed by atoms with Gasteiger partial charge in [-0.15, -0.1) is 0 Å². The molecule has 18 nitrogen and oxygen atoms in total. The first-order valence-corrected chi connectivity index (χ1v) is 22.0. The van der Waals surface area contributed by atoms with Gasteiger partial charge in [-0.3, -0.25) is 38.2 Å². The van der Waals surface area contributed by atoms with Gasteiger partial charge in [0.15, 0.2) is 11.6 Å². The molecule has 0 aromatic carbocycles. The maximum absolute atomic E-state index is 13.9. The van der Waals surface area contributed by atoms with E-state index in [-0.39, 0.29) is 47.3 Å². The van der Waals surface area contributed by atoms with Crippen molar-refractivity contribution >= 4 is 62.5 Å². The summed E-state index contributed by atoms with van der Waals surface area (Å²) in [5.74, 6) is 1.73. The number of pyridine rings is 3. The van der Waals surface area contributed by atoms with Crippen molar-refractivity contribution in [3.05, 3.63) is 114 Å². The molecule has 1 aliphatic carbocycles. The Kier molecular flexibility index (Phi) is 10.7. The molecule has 0 saturated carbocycles. The summed E-state index contributed by atoms with van der Waals surface area (Å²) in [7, 11) is 6.93. The second kappa shape index (κ2) is 16.1. The zero-order valence-electron chi connectivity index (χ0n) is 36.9. The van der Waals surface area contributed by atoms with Gasteiger partial charge in [-0.2, -0.15) is 10.2 Å². The minimum absolute atomic E-state index is 0.00548. The highest BCUT2D eigenvalue weighted by Gasteiger charge is 2.37. The lowest BCUT2D eigenvalue weighted by Gasteiger charge is -2.31. The van der Waals surface area contributed by atoms with Gasteiger partial charge in [-0.25, -0.2) is 4.98 Å². The van der Waals surface area contributed by atoms with Crippen molar-refractivity contribution in [2.24, 2.45) is 19.5 Å². The van der Waals surface area contributed by atoms with Crippen LogP contribution in [0.5, 0.6) is 0 Å². The highest BCUT2D eigenvalue weighted by Crippen LogP contribution is 2.40. The van der Waals surface area contributed by atoms with Gasteiger partial charge in [0.1, 0.15) is 36.0 Å². The van der Waals surface area contributed by atoms with Crippen LogP contribution in [-0.4, -0.2) is 86.4 Å². The van der Waals surface area contributed by atoms with Crippen LogP contribution < -0.4 is 26.7 Å². The average molecular weight is 933 g/mol. The van der Waals surface area contributed by atoms with Crippen molar-refractivity contribution < 1.29 is 14.4 Å². The molecule has 64 heavy (non-hydrogen) atoms. The van der Waals surface area contributed by atoms with E-state index in [2.05, 4.69) is 68.2 Å². The summed E-state index contributed by atoms with van der Waals surface area (Å²) in [4.78, 5) is 72.7. The van der Waals surface area contributed by atoms with Crippen LogP contribution in [0.25, 0.3) is 11.1 Å². The number of aryl methyl sites for hydroxylation is 2. The van der Waals surface area contributed by atoms with Gasteiger partial charge in [0.25, 0.3) is 17.0 Å². The number of carbonyl (C=O) groups is 3. The molecule has 0 atom stereocenters. The fraction of sp³-hybridized carbons (Fsp3) is 0.378. The average Bonchev–Trinajstić information content (AvgIpc) is 3.99. The molecule has 332 valence electrons. The number of aromatic nitrogens is 8. The van der Waals surface area contributed by atoms with Crippen LogP contribution in [0.2, 0.25) is 0 Å². The quantitative estimate of drug-likeness (QED) is 0.230. The van der Waals surface area contributed by atoms with Gasteiger partial charge >= 0.3 is 0 Å². The van der Waals surface area contributed by atoms with Gasteiger partial charge in [-0.1, -0.05) is 20.8 Å². The molecule has 0 fully saturated rings. The van der Waals surface area contributed by atoms with Crippen molar-refractivity contribution in [1.29, 1.82) is 0 Å². The number of nitrogens with zero attached hydrogens (tertiary/aromatic N) is 11. The monoisotopic (exact) mass is 931 g/mol. The van der Waals surface area contributed by atoms with Gasteiger partial charge < -0.3 is 34.1 Å². The van der Waals surface area contributed by atoms with Crippen LogP contribution in [0, 0.1) is 5.41 Å². The van der Waals surface area contributed by atoms with Crippen LogP contribution >= 0.6 is 15.9 Å². The Hall–Kier alpha value is -6.76. The number of anilines is 5. The first kappa shape index (κ1) is 42.5. The Bertz CT molecular complexity index is 3030. The molecule has 0 bridgehead atoms. The third kappa shape index (κ3) is 7.81. The zero-order chi connectivity index (χ0) is 45.4. The van der Waals surface area contributed by atoms with Crippen LogP contribution in [0.15, 0.2) is 69.1 Å². The summed E-state index contributed by atoms with van der Waals surface area (Å²) >= 11 is 3.36. The molecular formula is C45H50BrN13O5. The summed E-state index contributed by atoms with van der Waals surface area (Å²) < 4.78 is 9.38. The highest BCUT2D eigenvalue weighted by atomic mass is 79.9. The van der Waals surface area contributed by atoms with Crippen molar-refractivity contribution in [2.75, 3.05) is 36.2 Å². The highest BCUT2D eigenvalue weighted by molar-refractivity contribution is 9.10. The van der Waals surface area contributed by atoms with E-state index in [4.69, 9.17) is 4.98 Å². The van der Waals surface area contributed by atoms with E-state index in [0.717, 1.165) is 57.6 Å². The Morgan fingerprint density at radius 1 is 0.734 bits per heavy atom. The molecule has 0 saturated heterocycles. The normalized spacial score (nSPS) is 16.2. The summed E-state index contributed by atoms with van der Waals surface area (Å²) in [5, 5.41) is 15.1. The van der Waals surface area contributed by atoms with E-state index in [1.807, 2.05) is 35.4 Å². The minimum Gasteiger partial charge on any atom is -0.339 e. The first-order valence-electron chi connectivity index (χ1n) is 21.2. The fourth-order valence-electron chi connectivity index (χ4n) is 9.15. The predicted octanol–water partition coefficient (Wildman–Crippen LogP) is 4.57. The predicted molar refractivity (Wildman–Crippen MR) is 245 cm³/mol. The van der Waals surface area contributed by atoms with E-state index >= 15 is 0 Å². The lowest BCUT2D eigenvalue weighted by atomic mass is 9.90. The van der Waals surface area contributed by atoms with Crippen LogP contribution in [-0.2, 0) is 75.7 Å². The fourth-order valence-corrected chi connectivity index (χ4v) is 9.69. The standard InChI is InChI=1S/C32H36N8O3.C13H14BrN5O2/c1-6-22-23(7-8-33-29(22)39-10-9-38-25(31(39)43)12-19-14-32(2,3)15-26(19)38)20-11-24(30(42)37(5)16-20)34-27-13-21-17-36(4)28(41)18-40(21)35-27;1-17-6-9-4-11(16-19(9)7-12(17)20)15-10-3-8(14)5-18(2)13(10)21/h7-8,11-13,16H,6,9-10,14-15,17-18H2,1-5H3,(H,34,35);3-5H,6-7H2,1-2H3,(H,15,16). The number of halogens is 1. The topological polar surface area (TPSA) is 182 Å². The number of carbonyl (C=O) groups excluding carboxylic acids is 3.